The van der Waals surface area contributed by atoms with Gasteiger partial charge < -0.3 is 5.32 Å². The Kier molecular flexibility index (Phi) is 5.49. The van der Waals surface area contributed by atoms with Crippen LogP contribution in [0.4, 0.5) is 10.1 Å². The Morgan fingerprint density at radius 1 is 1.04 bits per heavy atom. The summed E-state index contributed by atoms with van der Waals surface area (Å²) in [5, 5.41) is 2.83. The molecule has 27 heavy (non-hydrogen) atoms. The van der Waals surface area contributed by atoms with Gasteiger partial charge in [-0.05, 0) is 30.7 Å². The number of para-hydroxylation sites is 2. The number of halogens is 1. The molecule has 3 rings (SSSR count). The van der Waals surface area contributed by atoms with Crippen LogP contribution in [0.3, 0.4) is 0 Å². The van der Waals surface area contributed by atoms with Crippen LogP contribution in [0.5, 0.6) is 0 Å². The second-order valence-corrected chi connectivity index (χ2v) is 6.22. The van der Waals surface area contributed by atoms with Gasteiger partial charge >= 0.3 is 5.69 Å². The first-order chi connectivity index (χ1) is 13.0. The fourth-order valence-corrected chi connectivity index (χ4v) is 2.93. The SMILES string of the molecule is CCCCn1c(=O)c2ccccc2n(CC(=O)Nc2ccccc2F)c1=O. The first kappa shape index (κ1) is 18.6. The summed E-state index contributed by atoms with van der Waals surface area (Å²) in [4.78, 5) is 37.9. The zero-order chi connectivity index (χ0) is 19.4. The summed E-state index contributed by atoms with van der Waals surface area (Å²) in [6, 6.07) is 12.5. The zero-order valence-corrected chi connectivity index (χ0v) is 14.9. The van der Waals surface area contributed by atoms with E-state index in [9.17, 15) is 18.8 Å². The molecule has 0 aliphatic rings. The first-order valence-electron chi connectivity index (χ1n) is 8.79. The maximum Gasteiger partial charge on any atom is 0.331 e. The third-order valence-corrected chi connectivity index (χ3v) is 4.32. The lowest BCUT2D eigenvalue weighted by molar-refractivity contribution is -0.116. The van der Waals surface area contributed by atoms with Crippen molar-refractivity contribution in [3.63, 3.8) is 0 Å². The summed E-state index contributed by atoms with van der Waals surface area (Å²) in [5.41, 5.74) is -0.492. The molecular weight excluding hydrogens is 349 g/mol. The molecule has 0 fully saturated rings. The van der Waals surface area contributed by atoms with E-state index in [1.165, 1.54) is 22.8 Å². The number of hydrogen-bond acceptors (Lipinski definition) is 3. The lowest BCUT2D eigenvalue weighted by Gasteiger charge is -2.14. The number of hydrogen-bond donors (Lipinski definition) is 1. The highest BCUT2D eigenvalue weighted by Crippen LogP contribution is 2.13. The second kappa shape index (κ2) is 7.99. The summed E-state index contributed by atoms with van der Waals surface area (Å²) in [6.45, 7) is 1.93. The maximum absolute atomic E-state index is 13.7. The van der Waals surface area contributed by atoms with Crippen LogP contribution in [0.1, 0.15) is 19.8 Å². The number of carbonyl (C=O) groups excluding carboxylic acids is 1. The molecule has 0 radical (unpaired) electrons. The van der Waals surface area contributed by atoms with Crippen molar-refractivity contribution >= 4 is 22.5 Å². The molecule has 0 unspecified atom stereocenters. The Balaban J connectivity index is 2.02. The van der Waals surface area contributed by atoms with Crippen LogP contribution in [0.25, 0.3) is 10.9 Å². The van der Waals surface area contributed by atoms with Gasteiger partial charge in [0.05, 0.1) is 16.6 Å². The van der Waals surface area contributed by atoms with Crippen molar-refractivity contribution < 1.29 is 9.18 Å². The summed E-state index contributed by atoms with van der Waals surface area (Å²) in [6.07, 6.45) is 1.50. The Morgan fingerprint density at radius 3 is 2.48 bits per heavy atom. The molecule has 140 valence electrons. The smallest absolute Gasteiger partial charge is 0.322 e. The number of anilines is 1. The van der Waals surface area contributed by atoms with Gasteiger partial charge in [0.1, 0.15) is 12.4 Å². The fourth-order valence-electron chi connectivity index (χ4n) is 2.93. The topological polar surface area (TPSA) is 73.1 Å². The second-order valence-electron chi connectivity index (χ2n) is 6.22. The number of nitrogens with zero attached hydrogens (tertiary/aromatic N) is 2. The predicted molar refractivity (Wildman–Crippen MR) is 102 cm³/mol. The largest absolute Gasteiger partial charge is 0.331 e. The molecule has 1 N–H and O–H groups in total. The minimum atomic E-state index is -0.559. The van der Waals surface area contributed by atoms with Crippen LogP contribution in [0, 0.1) is 5.82 Å². The van der Waals surface area contributed by atoms with Crippen LogP contribution in [0.2, 0.25) is 0 Å². The van der Waals surface area contributed by atoms with Gasteiger partial charge in [-0.3, -0.25) is 18.7 Å². The first-order valence-corrected chi connectivity index (χ1v) is 8.79. The predicted octanol–water partition coefficient (Wildman–Crippen LogP) is 2.74. The lowest BCUT2D eigenvalue weighted by atomic mass is 10.2. The molecule has 0 saturated carbocycles. The normalized spacial score (nSPS) is 10.9. The van der Waals surface area contributed by atoms with Gasteiger partial charge in [0.25, 0.3) is 5.56 Å². The zero-order valence-electron chi connectivity index (χ0n) is 14.9. The third-order valence-electron chi connectivity index (χ3n) is 4.32. The molecule has 0 aliphatic heterocycles. The van der Waals surface area contributed by atoms with E-state index >= 15 is 0 Å². The summed E-state index contributed by atoms with van der Waals surface area (Å²) >= 11 is 0. The number of carbonyl (C=O) groups is 1. The number of unbranched alkanes of at least 4 members (excludes halogenated alkanes) is 1. The average molecular weight is 369 g/mol. The van der Waals surface area contributed by atoms with Gasteiger partial charge in [0.15, 0.2) is 0 Å². The van der Waals surface area contributed by atoms with Crippen molar-refractivity contribution in [3.05, 3.63) is 75.2 Å². The Bertz CT molecular complexity index is 1100. The Hall–Kier alpha value is -3.22. The molecule has 1 aromatic heterocycles. The molecule has 1 heterocycles. The van der Waals surface area contributed by atoms with Gasteiger partial charge in [0, 0.05) is 6.54 Å². The van der Waals surface area contributed by atoms with E-state index in [0.717, 1.165) is 11.0 Å². The number of nitrogens with one attached hydrogen (secondary N) is 1. The van der Waals surface area contributed by atoms with Gasteiger partial charge in [0.2, 0.25) is 5.91 Å². The van der Waals surface area contributed by atoms with E-state index in [1.54, 1.807) is 30.3 Å². The molecule has 0 bridgehead atoms. The van der Waals surface area contributed by atoms with Gasteiger partial charge in [-0.15, -0.1) is 0 Å². The molecular formula is C20H20FN3O3. The van der Waals surface area contributed by atoms with E-state index in [1.807, 2.05) is 6.92 Å². The monoisotopic (exact) mass is 369 g/mol. The van der Waals surface area contributed by atoms with E-state index < -0.39 is 17.4 Å². The summed E-state index contributed by atoms with van der Waals surface area (Å²) in [5.74, 6) is -1.11. The van der Waals surface area contributed by atoms with Gasteiger partial charge in [-0.25, -0.2) is 9.18 Å². The highest BCUT2D eigenvalue weighted by molar-refractivity contribution is 5.91. The number of fused-ring (bicyclic) bond motifs is 1. The molecule has 6 nitrogen and oxygen atoms in total. The van der Waals surface area contributed by atoms with Crippen LogP contribution in [-0.4, -0.2) is 15.0 Å². The maximum atomic E-state index is 13.7. The van der Waals surface area contributed by atoms with Crippen molar-refractivity contribution in [1.29, 1.82) is 0 Å². The number of amides is 1. The molecule has 7 heteroatoms. The standard InChI is InChI=1S/C20H20FN3O3/c1-2-3-12-23-19(26)14-8-4-7-11-17(14)24(20(23)27)13-18(25)22-16-10-6-5-9-15(16)21/h4-11H,2-3,12-13H2,1H3,(H,22,25). The average Bonchev–Trinajstić information content (AvgIpc) is 2.67. The quantitative estimate of drug-likeness (QED) is 0.726. The summed E-state index contributed by atoms with van der Waals surface area (Å²) < 4.78 is 16.2. The van der Waals surface area contributed by atoms with E-state index in [-0.39, 0.29) is 24.3 Å². The molecule has 0 atom stereocenters. The Morgan fingerprint density at radius 2 is 1.74 bits per heavy atom. The molecule has 0 spiro atoms. The van der Waals surface area contributed by atoms with E-state index in [0.29, 0.717) is 17.3 Å². The van der Waals surface area contributed by atoms with Crippen LogP contribution >= 0.6 is 0 Å². The number of aromatic nitrogens is 2. The third kappa shape index (κ3) is 3.81. The number of benzene rings is 2. The molecule has 0 aliphatic carbocycles. The highest BCUT2D eigenvalue weighted by atomic mass is 19.1. The fraction of sp³-hybridized carbons (Fsp3) is 0.250. The molecule has 1 amide bonds. The van der Waals surface area contributed by atoms with Crippen molar-refractivity contribution in [3.8, 4) is 0 Å². The van der Waals surface area contributed by atoms with Crippen LogP contribution in [0.15, 0.2) is 58.1 Å². The summed E-state index contributed by atoms with van der Waals surface area (Å²) in [7, 11) is 0. The minimum Gasteiger partial charge on any atom is -0.322 e. The van der Waals surface area contributed by atoms with Gasteiger partial charge in [-0.1, -0.05) is 37.6 Å². The highest BCUT2D eigenvalue weighted by Gasteiger charge is 2.15. The van der Waals surface area contributed by atoms with Crippen molar-refractivity contribution in [1.82, 2.24) is 9.13 Å². The van der Waals surface area contributed by atoms with Crippen LogP contribution < -0.4 is 16.6 Å². The van der Waals surface area contributed by atoms with Crippen molar-refractivity contribution in [2.75, 3.05) is 5.32 Å². The molecule has 2 aromatic carbocycles. The number of rotatable bonds is 6. The van der Waals surface area contributed by atoms with Crippen LogP contribution in [-0.2, 0) is 17.9 Å². The van der Waals surface area contributed by atoms with E-state index in [2.05, 4.69) is 5.32 Å². The van der Waals surface area contributed by atoms with Crippen molar-refractivity contribution in [2.45, 2.75) is 32.9 Å². The van der Waals surface area contributed by atoms with E-state index in [4.69, 9.17) is 0 Å². The van der Waals surface area contributed by atoms with Gasteiger partial charge in [-0.2, -0.15) is 0 Å². The van der Waals surface area contributed by atoms with Crippen molar-refractivity contribution in [2.24, 2.45) is 0 Å². The lowest BCUT2D eigenvalue weighted by Crippen LogP contribution is -2.41. The minimum absolute atomic E-state index is 0.0409. The molecule has 0 saturated heterocycles. The Labute approximate surface area is 154 Å². The molecule has 3 aromatic rings.